The number of Topliss-reactive ketones (excluding diaryl/α,β-unsaturated/α-hetero) is 1. The number of carboxylic acids is 2. The molecule has 0 aliphatic carbocycles. The number of halogens is 1. The third-order valence-electron chi connectivity index (χ3n) is 4.00. The second-order valence-corrected chi connectivity index (χ2v) is 7.67. The summed E-state index contributed by atoms with van der Waals surface area (Å²) in [6.45, 7) is 0.236. The largest absolute Gasteiger partial charge is 0.481 e. The van der Waals surface area contributed by atoms with E-state index in [0.29, 0.717) is 19.3 Å². The summed E-state index contributed by atoms with van der Waals surface area (Å²) in [4.78, 5) is 61.3. The fourth-order valence-corrected chi connectivity index (χ4v) is 2.85. The number of carbonyl (C=O) groups excluding carboxylic acids is 4. The molecule has 0 unspecified atom stereocenters. The summed E-state index contributed by atoms with van der Waals surface area (Å²) in [5.41, 5.74) is 1.20. The number of aryl methyl sites for hydroxylation is 1. The van der Waals surface area contributed by atoms with Gasteiger partial charge in [-0.2, -0.15) is 9.59 Å². The minimum Gasteiger partial charge on any atom is -0.481 e. The summed E-state index contributed by atoms with van der Waals surface area (Å²) >= 11 is 2.24. The molecule has 1 atom stereocenters. The van der Waals surface area contributed by atoms with Crippen molar-refractivity contribution in [1.29, 1.82) is 0 Å². The van der Waals surface area contributed by atoms with Crippen molar-refractivity contribution in [2.45, 2.75) is 51.0 Å². The van der Waals surface area contributed by atoms with Gasteiger partial charge >= 0.3 is 24.1 Å². The summed E-state index contributed by atoms with van der Waals surface area (Å²) in [6, 6.07) is 6.21. The van der Waals surface area contributed by atoms with Gasteiger partial charge in [-0.15, -0.1) is 0 Å². The van der Waals surface area contributed by atoms with Crippen LogP contribution in [0.5, 0.6) is 0 Å². The first-order valence-electron chi connectivity index (χ1n) is 9.44. The summed E-state index contributed by atoms with van der Waals surface area (Å²) in [6.07, 6.45) is 2.60. The number of amides is 2. The van der Waals surface area contributed by atoms with Gasteiger partial charge in [-0.05, 0) is 66.0 Å². The number of hydrogen-bond acceptors (Lipinski definition) is 6. The molecule has 0 heterocycles. The van der Waals surface area contributed by atoms with Crippen molar-refractivity contribution < 1.29 is 39.0 Å². The fraction of sp³-hybridized carbons (Fsp3) is 0.450. The summed E-state index contributed by atoms with van der Waals surface area (Å²) in [5.74, 6) is -2.30. The van der Waals surface area contributed by atoms with Crippen molar-refractivity contribution in [3.63, 3.8) is 0 Å². The summed E-state index contributed by atoms with van der Waals surface area (Å²) < 4.78 is 1.17. The smallest absolute Gasteiger partial charge is 0.373 e. The maximum atomic E-state index is 11.9. The number of ketones is 1. The van der Waals surface area contributed by atoms with Crippen LogP contribution in [0.25, 0.3) is 0 Å². The van der Waals surface area contributed by atoms with E-state index in [1.165, 1.54) is 9.13 Å². The van der Waals surface area contributed by atoms with Gasteiger partial charge in [-0.25, -0.2) is 9.59 Å². The molecule has 0 bridgehead atoms. The van der Waals surface area contributed by atoms with Gasteiger partial charge in [-0.3, -0.25) is 9.59 Å². The number of carboxylic acid groups (broad SMARTS) is 2. The Kier molecular flexibility index (Phi) is 15.4. The van der Waals surface area contributed by atoms with Gasteiger partial charge in [0.1, 0.15) is 11.8 Å². The van der Waals surface area contributed by atoms with Crippen LogP contribution in [0, 0.1) is 3.57 Å². The van der Waals surface area contributed by atoms with Gasteiger partial charge in [0.25, 0.3) is 0 Å². The zero-order chi connectivity index (χ0) is 23.6. The number of benzene rings is 1. The highest BCUT2D eigenvalue weighted by Gasteiger charge is 2.20. The van der Waals surface area contributed by atoms with Crippen LogP contribution in [-0.2, 0) is 30.4 Å². The topological polar surface area (TPSA) is 167 Å². The zero-order valence-corrected chi connectivity index (χ0v) is 18.9. The highest BCUT2D eigenvalue weighted by molar-refractivity contribution is 14.1. The zero-order valence-electron chi connectivity index (χ0n) is 16.8. The van der Waals surface area contributed by atoms with Crippen molar-refractivity contribution >= 4 is 52.5 Å². The first-order valence-corrected chi connectivity index (χ1v) is 10.5. The Labute approximate surface area is 192 Å². The van der Waals surface area contributed by atoms with E-state index in [9.17, 15) is 19.2 Å². The number of urea groups is 1. The van der Waals surface area contributed by atoms with Crippen LogP contribution in [0.15, 0.2) is 24.3 Å². The Morgan fingerprint density at radius 2 is 1.55 bits per heavy atom. The standard InChI is InChI=1S/C19H25IN2O6.CO2/c20-14-8-6-13(7-9-14)3-1-4-15(23)5-2-12-21-19(28)22-16(18(26)27)10-11-17(24)25;2-1-3/h6-9,16H,1-5,10-12H2,(H,24,25)(H,26,27)(H2,21,22,28);/t16-;/m0./s1. The van der Waals surface area contributed by atoms with Gasteiger partial charge in [0.05, 0.1) is 0 Å². The lowest BCUT2D eigenvalue weighted by molar-refractivity contribution is -0.191. The second kappa shape index (κ2) is 16.9. The molecule has 0 saturated carbocycles. The van der Waals surface area contributed by atoms with Crippen molar-refractivity contribution in [3.8, 4) is 0 Å². The molecule has 0 aromatic heterocycles. The molecule has 0 aliphatic rings. The highest BCUT2D eigenvalue weighted by atomic mass is 127. The number of nitrogens with one attached hydrogen (secondary N) is 2. The van der Waals surface area contributed by atoms with Gasteiger partial charge in [0.2, 0.25) is 0 Å². The quantitative estimate of drug-likeness (QED) is 0.215. The van der Waals surface area contributed by atoms with Crippen LogP contribution in [0.3, 0.4) is 0 Å². The molecule has 0 saturated heterocycles. The molecule has 11 heteroatoms. The summed E-state index contributed by atoms with van der Waals surface area (Å²) in [5, 5.41) is 22.3. The van der Waals surface area contributed by atoms with E-state index in [0.717, 1.165) is 12.8 Å². The van der Waals surface area contributed by atoms with Crippen molar-refractivity contribution in [2.24, 2.45) is 0 Å². The molecule has 1 aromatic carbocycles. The molecule has 4 N–H and O–H groups in total. The Bertz CT molecular complexity index is 761. The molecule has 0 fully saturated rings. The molecule has 31 heavy (non-hydrogen) atoms. The molecule has 0 spiro atoms. The van der Waals surface area contributed by atoms with E-state index in [4.69, 9.17) is 19.8 Å². The lowest BCUT2D eigenvalue weighted by Crippen LogP contribution is -2.46. The Morgan fingerprint density at radius 3 is 2.10 bits per heavy atom. The van der Waals surface area contributed by atoms with E-state index < -0.39 is 24.0 Å². The van der Waals surface area contributed by atoms with Crippen molar-refractivity contribution in [1.82, 2.24) is 10.6 Å². The second-order valence-electron chi connectivity index (χ2n) is 6.43. The Morgan fingerprint density at radius 1 is 0.968 bits per heavy atom. The van der Waals surface area contributed by atoms with E-state index >= 15 is 0 Å². The van der Waals surface area contributed by atoms with E-state index in [-0.39, 0.29) is 31.3 Å². The van der Waals surface area contributed by atoms with Gasteiger partial charge in [0, 0.05) is 29.4 Å². The van der Waals surface area contributed by atoms with Crippen LogP contribution in [0.4, 0.5) is 4.79 Å². The first-order chi connectivity index (χ1) is 14.7. The predicted octanol–water partition coefficient (Wildman–Crippen LogP) is 2.00. The van der Waals surface area contributed by atoms with Crippen LogP contribution < -0.4 is 10.6 Å². The molecular formula is C20H25IN2O8. The Hall–Kier alpha value is -2.79. The third kappa shape index (κ3) is 15.7. The average molecular weight is 548 g/mol. The van der Waals surface area contributed by atoms with Crippen LogP contribution in [0.1, 0.15) is 44.1 Å². The molecular weight excluding hydrogens is 523 g/mol. The number of aliphatic carboxylic acids is 2. The van der Waals surface area contributed by atoms with E-state index in [2.05, 4.69) is 45.4 Å². The monoisotopic (exact) mass is 548 g/mol. The molecule has 0 radical (unpaired) electrons. The maximum absolute atomic E-state index is 11.9. The van der Waals surface area contributed by atoms with Crippen molar-refractivity contribution in [2.75, 3.05) is 6.54 Å². The number of hydrogen-bond donors (Lipinski definition) is 4. The maximum Gasteiger partial charge on any atom is 0.373 e. The lowest BCUT2D eigenvalue weighted by atomic mass is 10.0. The summed E-state index contributed by atoms with van der Waals surface area (Å²) in [7, 11) is 0. The third-order valence-corrected chi connectivity index (χ3v) is 4.72. The fourth-order valence-electron chi connectivity index (χ4n) is 2.49. The lowest BCUT2D eigenvalue weighted by Gasteiger charge is -2.14. The SMILES string of the molecule is O=C(O)CC[C@H](NC(=O)NCCCC(=O)CCCc1ccc(I)cc1)C(=O)O.O=C=O. The van der Waals surface area contributed by atoms with Crippen LogP contribution in [0.2, 0.25) is 0 Å². The average Bonchev–Trinajstić information content (AvgIpc) is 2.70. The molecule has 170 valence electrons. The molecule has 0 aliphatic heterocycles. The van der Waals surface area contributed by atoms with Gasteiger partial charge in [0.15, 0.2) is 0 Å². The Balaban J connectivity index is 0.00000282. The van der Waals surface area contributed by atoms with Crippen LogP contribution in [-0.4, -0.2) is 52.7 Å². The van der Waals surface area contributed by atoms with Crippen LogP contribution >= 0.6 is 22.6 Å². The molecule has 1 aromatic rings. The predicted molar refractivity (Wildman–Crippen MR) is 116 cm³/mol. The highest BCUT2D eigenvalue weighted by Crippen LogP contribution is 2.10. The number of carbonyl (C=O) groups is 4. The van der Waals surface area contributed by atoms with E-state index in [1.54, 1.807) is 0 Å². The minimum atomic E-state index is -1.29. The van der Waals surface area contributed by atoms with Gasteiger partial charge in [-0.1, -0.05) is 12.1 Å². The molecule has 10 nitrogen and oxygen atoms in total. The number of rotatable bonds is 13. The first kappa shape index (κ1) is 28.2. The van der Waals surface area contributed by atoms with Gasteiger partial charge < -0.3 is 20.8 Å². The normalized spacial score (nSPS) is 10.6. The van der Waals surface area contributed by atoms with Crippen molar-refractivity contribution in [3.05, 3.63) is 33.4 Å². The molecule has 1 rings (SSSR count). The minimum absolute atomic E-state index is 0.123. The van der Waals surface area contributed by atoms with E-state index in [1.807, 2.05) is 12.1 Å². The molecule has 2 amide bonds.